The summed E-state index contributed by atoms with van der Waals surface area (Å²) >= 11 is 0. The first kappa shape index (κ1) is 13.4. The van der Waals surface area contributed by atoms with Crippen molar-refractivity contribution in [2.24, 2.45) is 0 Å². The van der Waals surface area contributed by atoms with E-state index in [1.54, 1.807) is 29.2 Å². The Morgan fingerprint density at radius 3 is 2.24 bits per heavy atom. The van der Waals surface area contributed by atoms with Gasteiger partial charge in [0.2, 0.25) is 0 Å². The van der Waals surface area contributed by atoms with Crippen LogP contribution in [0.4, 0.5) is 10.5 Å². The molecular weight excluding hydrogens is 216 g/mol. The van der Waals surface area contributed by atoms with Crippen LogP contribution in [0.15, 0.2) is 24.3 Å². The Bertz CT molecular complexity index is 379. The van der Waals surface area contributed by atoms with E-state index in [0.29, 0.717) is 18.0 Å². The summed E-state index contributed by atoms with van der Waals surface area (Å²) in [6.07, 6.45) is -0.343. The van der Waals surface area contributed by atoms with Gasteiger partial charge in [-0.2, -0.15) is 0 Å². The molecule has 17 heavy (non-hydrogen) atoms. The molecule has 0 aliphatic heterocycles. The zero-order valence-corrected chi connectivity index (χ0v) is 10.9. The molecule has 94 valence electrons. The average molecular weight is 236 g/mol. The Morgan fingerprint density at radius 1 is 1.29 bits per heavy atom. The van der Waals surface area contributed by atoms with E-state index in [0.717, 1.165) is 0 Å². The Kier molecular flexibility index (Phi) is 3.99. The van der Waals surface area contributed by atoms with Crippen molar-refractivity contribution in [3.8, 4) is 5.75 Å². The fourth-order valence-electron chi connectivity index (χ4n) is 1.57. The molecule has 4 nitrogen and oxygen atoms in total. The average Bonchev–Trinajstić information content (AvgIpc) is 2.20. The first-order valence-electron chi connectivity index (χ1n) is 5.69. The summed E-state index contributed by atoms with van der Waals surface area (Å²) in [7, 11) is 0. The van der Waals surface area contributed by atoms with Gasteiger partial charge in [0, 0.05) is 17.8 Å². The number of anilines is 1. The van der Waals surface area contributed by atoms with Crippen LogP contribution in [0.3, 0.4) is 0 Å². The smallest absolute Gasteiger partial charge is 0.410 e. The number of benzene rings is 1. The maximum absolute atomic E-state index is 11.9. The highest BCUT2D eigenvalue weighted by molar-refractivity contribution is 5.71. The van der Waals surface area contributed by atoms with Gasteiger partial charge in [0.25, 0.3) is 0 Å². The van der Waals surface area contributed by atoms with E-state index in [4.69, 9.17) is 10.5 Å². The zero-order chi connectivity index (χ0) is 13.1. The van der Waals surface area contributed by atoms with Crippen molar-refractivity contribution in [1.82, 2.24) is 4.90 Å². The number of nitrogens with two attached hydrogens (primary N) is 1. The summed E-state index contributed by atoms with van der Waals surface area (Å²) in [5, 5.41) is 0. The second-order valence-electron chi connectivity index (χ2n) is 4.85. The molecule has 0 unspecified atom stereocenters. The van der Waals surface area contributed by atoms with Crippen LogP contribution in [0, 0.1) is 0 Å². The molecule has 0 spiro atoms. The second-order valence-corrected chi connectivity index (χ2v) is 4.85. The maximum atomic E-state index is 11.9. The molecule has 0 atom stereocenters. The van der Waals surface area contributed by atoms with E-state index < -0.39 is 0 Å². The number of hydrogen-bond donors (Lipinski definition) is 1. The highest BCUT2D eigenvalue weighted by Gasteiger charge is 2.26. The van der Waals surface area contributed by atoms with Gasteiger partial charge < -0.3 is 15.4 Å². The predicted octanol–water partition coefficient (Wildman–Crippen LogP) is 2.89. The Balaban J connectivity index is 2.74. The number of amides is 1. The molecule has 4 heteroatoms. The van der Waals surface area contributed by atoms with Gasteiger partial charge in [-0.05, 0) is 52.0 Å². The van der Waals surface area contributed by atoms with E-state index in [9.17, 15) is 4.79 Å². The summed E-state index contributed by atoms with van der Waals surface area (Å²) < 4.78 is 5.28. The maximum Gasteiger partial charge on any atom is 0.415 e. The Hall–Kier alpha value is -1.71. The van der Waals surface area contributed by atoms with Crippen molar-refractivity contribution in [3.63, 3.8) is 0 Å². The summed E-state index contributed by atoms with van der Waals surface area (Å²) in [5.41, 5.74) is 5.96. The van der Waals surface area contributed by atoms with Crippen LogP contribution in [0.1, 0.15) is 27.7 Å². The molecule has 1 amide bonds. The topological polar surface area (TPSA) is 55.6 Å². The van der Waals surface area contributed by atoms with E-state index >= 15 is 0 Å². The highest BCUT2D eigenvalue weighted by Crippen LogP contribution is 2.18. The van der Waals surface area contributed by atoms with Gasteiger partial charge in [0.1, 0.15) is 5.75 Å². The van der Waals surface area contributed by atoms with Gasteiger partial charge in [-0.15, -0.1) is 0 Å². The first-order chi connectivity index (χ1) is 7.84. The van der Waals surface area contributed by atoms with Crippen molar-refractivity contribution in [3.05, 3.63) is 24.3 Å². The molecule has 0 aromatic heterocycles. The van der Waals surface area contributed by atoms with Gasteiger partial charge in [-0.3, -0.25) is 0 Å². The molecule has 1 rings (SSSR count). The molecule has 0 heterocycles. The SMILES string of the molecule is CCN(C(=O)Oc1ccc(N)cc1)C(C)(C)C. The minimum atomic E-state index is -0.343. The number of hydrogen-bond acceptors (Lipinski definition) is 3. The number of rotatable bonds is 2. The summed E-state index contributed by atoms with van der Waals surface area (Å²) in [6.45, 7) is 8.45. The fraction of sp³-hybridized carbons (Fsp3) is 0.462. The minimum Gasteiger partial charge on any atom is -0.410 e. The third kappa shape index (κ3) is 3.66. The quantitative estimate of drug-likeness (QED) is 0.803. The summed E-state index contributed by atoms with van der Waals surface area (Å²) in [5.74, 6) is 0.506. The molecule has 1 aromatic carbocycles. The van der Waals surface area contributed by atoms with E-state index in [1.165, 1.54) is 0 Å². The molecular formula is C13H20N2O2. The van der Waals surface area contributed by atoms with Crippen LogP contribution < -0.4 is 10.5 Å². The molecule has 0 saturated carbocycles. The lowest BCUT2D eigenvalue weighted by Gasteiger charge is -2.33. The standard InChI is InChI=1S/C13H20N2O2/c1-5-15(13(2,3)4)12(16)17-11-8-6-10(14)7-9-11/h6-9H,5,14H2,1-4H3. The zero-order valence-electron chi connectivity index (χ0n) is 10.9. The molecule has 0 fully saturated rings. The van der Waals surface area contributed by atoms with Gasteiger partial charge in [0.05, 0.1) is 0 Å². The van der Waals surface area contributed by atoms with Gasteiger partial charge in [-0.25, -0.2) is 4.79 Å². The molecule has 0 saturated heterocycles. The number of carbonyl (C=O) groups is 1. The third-order valence-electron chi connectivity index (χ3n) is 2.43. The highest BCUT2D eigenvalue weighted by atomic mass is 16.6. The molecule has 0 aliphatic rings. The molecule has 1 aromatic rings. The van der Waals surface area contributed by atoms with Gasteiger partial charge in [0.15, 0.2) is 0 Å². The lowest BCUT2D eigenvalue weighted by Crippen LogP contribution is -2.46. The number of nitrogen functional groups attached to an aromatic ring is 1. The van der Waals surface area contributed by atoms with Crippen LogP contribution in [-0.2, 0) is 0 Å². The normalized spacial score (nSPS) is 11.1. The summed E-state index contributed by atoms with van der Waals surface area (Å²) in [6, 6.07) is 6.78. The first-order valence-corrected chi connectivity index (χ1v) is 5.69. The Morgan fingerprint density at radius 2 is 1.82 bits per heavy atom. The second kappa shape index (κ2) is 5.08. The monoisotopic (exact) mass is 236 g/mol. The van der Waals surface area contributed by atoms with Crippen LogP contribution in [0.2, 0.25) is 0 Å². The molecule has 2 N–H and O–H groups in total. The number of ether oxygens (including phenoxy) is 1. The third-order valence-corrected chi connectivity index (χ3v) is 2.43. The van der Waals surface area contributed by atoms with Crippen LogP contribution in [0.5, 0.6) is 5.75 Å². The lowest BCUT2D eigenvalue weighted by molar-refractivity contribution is 0.110. The van der Waals surface area contributed by atoms with E-state index in [1.807, 2.05) is 27.7 Å². The lowest BCUT2D eigenvalue weighted by atomic mass is 10.1. The van der Waals surface area contributed by atoms with Crippen molar-refractivity contribution < 1.29 is 9.53 Å². The van der Waals surface area contributed by atoms with Gasteiger partial charge >= 0.3 is 6.09 Å². The number of carbonyl (C=O) groups excluding carboxylic acids is 1. The minimum absolute atomic E-state index is 0.250. The fourth-order valence-corrected chi connectivity index (χ4v) is 1.57. The summed E-state index contributed by atoms with van der Waals surface area (Å²) in [4.78, 5) is 13.6. The number of nitrogens with zero attached hydrogens (tertiary/aromatic N) is 1. The van der Waals surface area contributed by atoms with E-state index in [-0.39, 0.29) is 11.6 Å². The van der Waals surface area contributed by atoms with E-state index in [2.05, 4.69) is 0 Å². The largest absolute Gasteiger partial charge is 0.415 e. The molecule has 0 bridgehead atoms. The van der Waals surface area contributed by atoms with Crippen molar-refractivity contribution in [2.75, 3.05) is 12.3 Å². The van der Waals surface area contributed by atoms with Crippen LogP contribution in [0.25, 0.3) is 0 Å². The van der Waals surface area contributed by atoms with Crippen molar-refractivity contribution in [2.45, 2.75) is 33.2 Å². The van der Waals surface area contributed by atoms with Crippen molar-refractivity contribution >= 4 is 11.8 Å². The van der Waals surface area contributed by atoms with Crippen molar-refractivity contribution in [1.29, 1.82) is 0 Å². The Labute approximate surface area is 102 Å². The van der Waals surface area contributed by atoms with Gasteiger partial charge in [-0.1, -0.05) is 0 Å². The predicted molar refractivity (Wildman–Crippen MR) is 69.0 cm³/mol. The molecule has 0 aliphatic carbocycles. The molecule has 0 radical (unpaired) electrons. The van der Waals surface area contributed by atoms with Crippen LogP contribution in [-0.4, -0.2) is 23.1 Å². The van der Waals surface area contributed by atoms with Crippen LogP contribution >= 0.6 is 0 Å².